The van der Waals surface area contributed by atoms with Gasteiger partial charge in [0.25, 0.3) is 5.91 Å². The van der Waals surface area contributed by atoms with E-state index in [1.165, 1.54) is 24.8 Å². The number of carbonyl (C=O) groups is 1. The van der Waals surface area contributed by atoms with Crippen LogP contribution in [0.1, 0.15) is 52.2 Å². The zero-order valence-corrected chi connectivity index (χ0v) is 16.5. The van der Waals surface area contributed by atoms with Gasteiger partial charge in [-0.05, 0) is 54.5 Å². The largest absolute Gasteiger partial charge is 0.489 e. The third kappa shape index (κ3) is 3.35. The summed E-state index contributed by atoms with van der Waals surface area (Å²) in [6.45, 7) is 2.54. The Morgan fingerprint density at radius 1 is 0.966 bits per heavy atom. The van der Waals surface area contributed by atoms with Crippen molar-refractivity contribution in [2.24, 2.45) is 0 Å². The lowest BCUT2D eigenvalue weighted by Crippen LogP contribution is -2.14. The third-order valence-electron chi connectivity index (χ3n) is 5.94. The van der Waals surface area contributed by atoms with Gasteiger partial charge in [-0.15, -0.1) is 0 Å². The number of hydrogen-bond donors (Lipinski definition) is 2. The van der Waals surface area contributed by atoms with E-state index in [0.717, 1.165) is 33.9 Å². The smallest absolute Gasteiger partial charge is 0.257 e. The molecule has 1 aliphatic carbocycles. The van der Waals surface area contributed by atoms with Gasteiger partial charge in [0.15, 0.2) is 0 Å². The Balaban J connectivity index is 1.48. The molecule has 0 spiro atoms. The highest BCUT2D eigenvalue weighted by atomic mass is 16.5. The predicted octanol–water partition coefficient (Wildman–Crippen LogP) is 6.15. The molecule has 2 aliphatic rings. The van der Waals surface area contributed by atoms with Crippen LogP contribution in [-0.4, -0.2) is 5.91 Å². The minimum Gasteiger partial charge on any atom is -0.489 e. The second-order valence-corrected chi connectivity index (χ2v) is 7.91. The SMILES string of the molecule is Cc1cc(OCc2ccccc2)cc2c1Nc1c(cccc1C1CCC1)C(=O)N2. The van der Waals surface area contributed by atoms with Crippen LogP contribution in [0.3, 0.4) is 0 Å². The Kier molecular flexibility index (Phi) is 4.47. The summed E-state index contributed by atoms with van der Waals surface area (Å²) in [5, 5.41) is 6.66. The molecule has 4 heteroatoms. The summed E-state index contributed by atoms with van der Waals surface area (Å²) in [6, 6.07) is 20.1. The van der Waals surface area contributed by atoms with E-state index >= 15 is 0 Å². The first-order chi connectivity index (χ1) is 14.2. The zero-order chi connectivity index (χ0) is 19.8. The van der Waals surface area contributed by atoms with E-state index in [-0.39, 0.29) is 5.91 Å². The zero-order valence-electron chi connectivity index (χ0n) is 16.5. The molecule has 3 aromatic rings. The van der Waals surface area contributed by atoms with Crippen molar-refractivity contribution in [3.05, 3.63) is 82.9 Å². The number of anilines is 3. The Hall–Kier alpha value is -3.27. The van der Waals surface area contributed by atoms with Crippen LogP contribution < -0.4 is 15.4 Å². The van der Waals surface area contributed by atoms with E-state index in [4.69, 9.17) is 4.74 Å². The van der Waals surface area contributed by atoms with Crippen LogP contribution in [0.25, 0.3) is 0 Å². The van der Waals surface area contributed by atoms with Crippen LogP contribution >= 0.6 is 0 Å². The van der Waals surface area contributed by atoms with Crippen molar-refractivity contribution in [3.8, 4) is 5.75 Å². The molecule has 0 atom stereocenters. The van der Waals surface area contributed by atoms with E-state index < -0.39 is 0 Å². The van der Waals surface area contributed by atoms with Gasteiger partial charge in [-0.3, -0.25) is 4.79 Å². The molecular weight excluding hydrogens is 360 g/mol. The minimum atomic E-state index is -0.0768. The van der Waals surface area contributed by atoms with E-state index in [1.807, 2.05) is 61.5 Å². The van der Waals surface area contributed by atoms with Crippen LogP contribution in [0.5, 0.6) is 5.75 Å². The molecule has 0 radical (unpaired) electrons. The highest BCUT2D eigenvalue weighted by Gasteiger charge is 2.28. The molecule has 0 bridgehead atoms. The van der Waals surface area contributed by atoms with Crippen molar-refractivity contribution in [1.82, 2.24) is 0 Å². The first-order valence-corrected chi connectivity index (χ1v) is 10.2. The standard InChI is InChI=1S/C25H24N2O2/c1-16-13-19(29-15-17-7-3-2-4-8-17)14-22-23(16)27-24-20(18-9-5-10-18)11-6-12-21(24)25(28)26-22/h2-4,6-8,11-14,18,27H,5,9-10,15H2,1H3,(H,26,28). The van der Waals surface area contributed by atoms with Gasteiger partial charge in [0.2, 0.25) is 0 Å². The Morgan fingerprint density at radius 2 is 1.79 bits per heavy atom. The van der Waals surface area contributed by atoms with Crippen molar-refractivity contribution in [3.63, 3.8) is 0 Å². The third-order valence-corrected chi connectivity index (χ3v) is 5.94. The molecule has 2 N–H and O–H groups in total. The van der Waals surface area contributed by atoms with Gasteiger partial charge in [-0.2, -0.15) is 0 Å². The maximum atomic E-state index is 13.0. The molecule has 1 saturated carbocycles. The summed E-state index contributed by atoms with van der Waals surface area (Å²) in [7, 11) is 0. The highest BCUT2D eigenvalue weighted by molar-refractivity contribution is 6.13. The maximum absolute atomic E-state index is 13.0. The number of para-hydroxylation sites is 1. The summed E-state index contributed by atoms with van der Waals surface area (Å²) >= 11 is 0. The number of rotatable bonds is 4. The maximum Gasteiger partial charge on any atom is 0.257 e. The highest BCUT2D eigenvalue weighted by Crippen LogP contribution is 2.45. The summed E-state index contributed by atoms with van der Waals surface area (Å²) in [4.78, 5) is 13.0. The first-order valence-electron chi connectivity index (χ1n) is 10.2. The number of amides is 1. The molecule has 3 aromatic carbocycles. The summed E-state index contributed by atoms with van der Waals surface area (Å²) in [5.74, 6) is 1.21. The Bertz CT molecular complexity index is 1070. The molecule has 5 rings (SSSR count). The van der Waals surface area contributed by atoms with Crippen molar-refractivity contribution in [2.45, 2.75) is 38.7 Å². The lowest BCUT2D eigenvalue weighted by atomic mass is 9.78. The fourth-order valence-electron chi connectivity index (χ4n) is 4.12. The molecular formula is C25H24N2O2. The second-order valence-electron chi connectivity index (χ2n) is 7.91. The molecule has 0 aromatic heterocycles. The van der Waals surface area contributed by atoms with E-state index in [1.54, 1.807) is 0 Å². The van der Waals surface area contributed by atoms with Crippen LogP contribution in [0.2, 0.25) is 0 Å². The molecule has 1 aliphatic heterocycles. The summed E-state index contributed by atoms with van der Waals surface area (Å²) in [6.07, 6.45) is 3.65. The average molecular weight is 384 g/mol. The minimum absolute atomic E-state index is 0.0768. The number of benzene rings is 3. The van der Waals surface area contributed by atoms with Gasteiger partial charge in [-0.25, -0.2) is 0 Å². The van der Waals surface area contributed by atoms with E-state index in [9.17, 15) is 4.79 Å². The molecule has 146 valence electrons. The molecule has 1 amide bonds. The second kappa shape index (κ2) is 7.28. The monoisotopic (exact) mass is 384 g/mol. The van der Waals surface area contributed by atoms with Crippen LogP contribution in [-0.2, 0) is 6.61 Å². The Morgan fingerprint density at radius 3 is 2.55 bits per heavy atom. The summed E-state index contributed by atoms with van der Waals surface area (Å²) < 4.78 is 6.00. The lowest BCUT2D eigenvalue weighted by Gasteiger charge is -2.28. The first kappa shape index (κ1) is 17.8. The van der Waals surface area contributed by atoms with Crippen LogP contribution in [0.15, 0.2) is 60.7 Å². The van der Waals surface area contributed by atoms with Crippen LogP contribution in [0.4, 0.5) is 17.1 Å². The number of hydrogen-bond acceptors (Lipinski definition) is 3. The van der Waals surface area contributed by atoms with Crippen molar-refractivity contribution in [1.29, 1.82) is 0 Å². The fraction of sp³-hybridized carbons (Fsp3) is 0.240. The van der Waals surface area contributed by atoms with Crippen molar-refractivity contribution >= 4 is 23.0 Å². The van der Waals surface area contributed by atoms with E-state index in [2.05, 4.69) is 16.7 Å². The Labute approximate surface area is 170 Å². The quantitative estimate of drug-likeness (QED) is 0.567. The van der Waals surface area contributed by atoms with Gasteiger partial charge in [0, 0.05) is 6.07 Å². The number of aryl methyl sites for hydroxylation is 1. The molecule has 0 unspecified atom stereocenters. The van der Waals surface area contributed by atoms with Crippen LogP contribution in [0, 0.1) is 6.92 Å². The van der Waals surface area contributed by atoms with Gasteiger partial charge in [0.1, 0.15) is 12.4 Å². The molecule has 1 heterocycles. The average Bonchev–Trinajstić information content (AvgIpc) is 2.83. The van der Waals surface area contributed by atoms with Gasteiger partial charge >= 0.3 is 0 Å². The van der Waals surface area contributed by atoms with E-state index in [0.29, 0.717) is 18.1 Å². The number of nitrogens with one attached hydrogen (secondary N) is 2. The predicted molar refractivity (Wildman–Crippen MR) is 116 cm³/mol. The number of ether oxygens (including phenoxy) is 1. The lowest BCUT2D eigenvalue weighted by molar-refractivity contribution is 0.102. The van der Waals surface area contributed by atoms with Gasteiger partial charge < -0.3 is 15.4 Å². The van der Waals surface area contributed by atoms with Gasteiger partial charge in [-0.1, -0.05) is 48.9 Å². The van der Waals surface area contributed by atoms with Crippen molar-refractivity contribution < 1.29 is 9.53 Å². The van der Waals surface area contributed by atoms with Gasteiger partial charge in [0.05, 0.1) is 22.6 Å². The molecule has 29 heavy (non-hydrogen) atoms. The molecule has 1 fully saturated rings. The molecule has 0 saturated heterocycles. The number of fused-ring (bicyclic) bond motifs is 2. The topological polar surface area (TPSA) is 50.4 Å². The summed E-state index contributed by atoms with van der Waals surface area (Å²) in [5.41, 5.74) is 6.76. The normalized spacial score (nSPS) is 15.3. The van der Waals surface area contributed by atoms with Crippen molar-refractivity contribution in [2.75, 3.05) is 10.6 Å². The number of carbonyl (C=O) groups excluding carboxylic acids is 1. The fourth-order valence-corrected chi connectivity index (χ4v) is 4.12. The molecule has 4 nitrogen and oxygen atoms in total.